The topological polar surface area (TPSA) is 17.1 Å². The number of carbonyl (C=O) groups is 1. The second kappa shape index (κ2) is 3.62. The molecule has 2 aliphatic carbocycles. The van der Waals surface area contributed by atoms with E-state index in [4.69, 9.17) is 0 Å². The van der Waals surface area contributed by atoms with Crippen molar-refractivity contribution >= 4 is 5.78 Å². The summed E-state index contributed by atoms with van der Waals surface area (Å²) in [5.41, 5.74) is 1.54. The molecule has 0 aromatic heterocycles. The zero-order chi connectivity index (χ0) is 11.1. The summed E-state index contributed by atoms with van der Waals surface area (Å²) in [6, 6.07) is 0. The Morgan fingerprint density at radius 3 is 2.87 bits per heavy atom. The fraction of sp³-hybridized carbons (Fsp3) is 0.643. The van der Waals surface area contributed by atoms with E-state index >= 15 is 0 Å². The lowest BCUT2D eigenvalue weighted by Crippen LogP contribution is -2.30. The van der Waals surface area contributed by atoms with Crippen LogP contribution >= 0.6 is 0 Å². The van der Waals surface area contributed by atoms with Crippen molar-refractivity contribution in [3.8, 4) is 0 Å². The van der Waals surface area contributed by atoms with Crippen LogP contribution in [0.4, 0.5) is 0 Å². The molecule has 0 aromatic rings. The first-order valence-electron chi connectivity index (χ1n) is 5.95. The third kappa shape index (κ3) is 1.92. The Balaban J connectivity index is 2.22. The molecule has 1 heteroatoms. The first-order chi connectivity index (χ1) is 7.01. The average molecular weight is 204 g/mol. The molecular weight excluding hydrogens is 184 g/mol. The Bertz CT molecular complexity index is 335. The van der Waals surface area contributed by atoms with Gasteiger partial charge in [-0.1, -0.05) is 32.4 Å². The van der Waals surface area contributed by atoms with Crippen LogP contribution in [0.1, 0.15) is 40.0 Å². The highest BCUT2D eigenvalue weighted by molar-refractivity contribution is 6.01. The maximum absolute atomic E-state index is 11.4. The first kappa shape index (κ1) is 10.7. The van der Waals surface area contributed by atoms with Crippen molar-refractivity contribution in [2.45, 2.75) is 40.0 Å². The van der Waals surface area contributed by atoms with Crippen LogP contribution in [0.15, 0.2) is 23.8 Å². The summed E-state index contributed by atoms with van der Waals surface area (Å²) in [6.07, 6.45) is 9.33. The zero-order valence-corrected chi connectivity index (χ0v) is 9.92. The van der Waals surface area contributed by atoms with Crippen molar-refractivity contribution < 1.29 is 4.79 Å². The highest BCUT2D eigenvalue weighted by atomic mass is 16.1. The molecule has 0 heterocycles. The maximum Gasteiger partial charge on any atom is 0.178 e. The van der Waals surface area contributed by atoms with Gasteiger partial charge >= 0.3 is 0 Å². The molecule has 1 nitrogen and oxygen atoms in total. The van der Waals surface area contributed by atoms with Crippen LogP contribution in [0.25, 0.3) is 0 Å². The number of allylic oxidation sites excluding steroid dienone is 4. The summed E-state index contributed by atoms with van der Waals surface area (Å²) >= 11 is 0. The van der Waals surface area contributed by atoms with Crippen molar-refractivity contribution in [1.82, 2.24) is 0 Å². The number of fused-ring (bicyclic) bond motifs is 1. The summed E-state index contributed by atoms with van der Waals surface area (Å²) in [7, 11) is 0. The van der Waals surface area contributed by atoms with Gasteiger partial charge in [0.15, 0.2) is 5.78 Å². The van der Waals surface area contributed by atoms with Crippen molar-refractivity contribution in [3.05, 3.63) is 23.8 Å². The quantitative estimate of drug-likeness (QED) is 0.638. The first-order valence-corrected chi connectivity index (χ1v) is 5.95. The summed E-state index contributed by atoms with van der Waals surface area (Å²) in [4.78, 5) is 11.4. The molecule has 0 N–H and O–H groups in total. The highest BCUT2D eigenvalue weighted by Gasteiger charge is 2.36. The minimum absolute atomic E-state index is 0.173. The van der Waals surface area contributed by atoms with Crippen LogP contribution in [0.3, 0.4) is 0 Å². The molecule has 0 unspecified atom stereocenters. The molecular formula is C14H20O. The van der Waals surface area contributed by atoms with E-state index in [1.54, 1.807) is 6.08 Å². The van der Waals surface area contributed by atoms with Crippen LogP contribution in [0, 0.1) is 17.3 Å². The molecule has 1 saturated carbocycles. The second-order valence-electron chi connectivity index (χ2n) is 5.57. The third-order valence-electron chi connectivity index (χ3n) is 4.12. The second-order valence-corrected chi connectivity index (χ2v) is 5.57. The SMILES string of the molecule is CC(C)[C@@H]1CC[C@]2(C)C=CC(=O)C=C2C1. The molecule has 0 aromatic carbocycles. The molecule has 0 bridgehead atoms. The molecule has 0 saturated heterocycles. The number of carbonyl (C=O) groups excluding carboxylic acids is 1. The van der Waals surface area contributed by atoms with Gasteiger partial charge in [-0.05, 0) is 43.3 Å². The molecule has 1 fully saturated rings. The van der Waals surface area contributed by atoms with E-state index in [9.17, 15) is 4.79 Å². The van der Waals surface area contributed by atoms with Crippen molar-refractivity contribution in [1.29, 1.82) is 0 Å². The fourth-order valence-electron chi connectivity index (χ4n) is 2.73. The van der Waals surface area contributed by atoms with E-state index < -0.39 is 0 Å². The zero-order valence-electron chi connectivity index (χ0n) is 9.92. The molecule has 0 spiro atoms. The molecule has 2 aliphatic rings. The molecule has 0 amide bonds. The Kier molecular flexibility index (Phi) is 2.57. The lowest BCUT2D eigenvalue weighted by molar-refractivity contribution is -0.110. The normalized spacial score (nSPS) is 35.3. The fourth-order valence-corrected chi connectivity index (χ4v) is 2.73. The van der Waals surface area contributed by atoms with Gasteiger partial charge in [-0.25, -0.2) is 0 Å². The molecule has 2 atom stereocenters. The Morgan fingerprint density at radius 2 is 2.20 bits per heavy atom. The van der Waals surface area contributed by atoms with E-state index in [2.05, 4.69) is 26.8 Å². The predicted molar refractivity (Wildman–Crippen MR) is 62.5 cm³/mol. The number of hydrogen-bond donors (Lipinski definition) is 0. The van der Waals surface area contributed by atoms with E-state index in [-0.39, 0.29) is 11.2 Å². The van der Waals surface area contributed by atoms with Crippen LogP contribution in [0.2, 0.25) is 0 Å². The van der Waals surface area contributed by atoms with Crippen LogP contribution in [-0.4, -0.2) is 5.78 Å². The lowest BCUT2D eigenvalue weighted by atomic mass is 9.64. The Hall–Kier alpha value is -0.850. The number of ketones is 1. The molecule has 0 radical (unpaired) electrons. The van der Waals surface area contributed by atoms with Gasteiger partial charge in [-0.3, -0.25) is 4.79 Å². The lowest BCUT2D eigenvalue weighted by Gasteiger charge is -2.40. The van der Waals surface area contributed by atoms with Gasteiger partial charge in [0, 0.05) is 5.41 Å². The Labute approximate surface area is 92.3 Å². The summed E-state index contributed by atoms with van der Waals surface area (Å²) in [5.74, 6) is 1.67. The van der Waals surface area contributed by atoms with E-state index in [1.807, 2.05) is 6.08 Å². The van der Waals surface area contributed by atoms with Crippen LogP contribution in [0.5, 0.6) is 0 Å². The molecule has 0 aliphatic heterocycles. The monoisotopic (exact) mass is 204 g/mol. The van der Waals surface area contributed by atoms with Crippen molar-refractivity contribution in [2.24, 2.45) is 17.3 Å². The average Bonchev–Trinajstić information content (AvgIpc) is 2.18. The van der Waals surface area contributed by atoms with Gasteiger partial charge < -0.3 is 0 Å². The van der Waals surface area contributed by atoms with Gasteiger partial charge in [-0.15, -0.1) is 0 Å². The predicted octanol–water partition coefficient (Wildman–Crippen LogP) is 3.51. The van der Waals surface area contributed by atoms with Crippen molar-refractivity contribution in [3.63, 3.8) is 0 Å². The van der Waals surface area contributed by atoms with Crippen LogP contribution < -0.4 is 0 Å². The van der Waals surface area contributed by atoms with Gasteiger partial charge in [-0.2, -0.15) is 0 Å². The van der Waals surface area contributed by atoms with Gasteiger partial charge in [0.1, 0.15) is 0 Å². The molecule has 15 heavy (non-hydrogen) atoms. The summed E-state index contributed by atoms with van der Waals surface area (Å²) in [5, 5.41) is 0. The van der Waals surface area contributed by atoms with Gasteiger partial charge in [0.25, 0.3) is 0 Å². The Morgan fingerprint density at radius 1 is 1.47 bits per heavy atom. The van der Waals surface area contributed by atoms with E-state index in [0.717, 1.165) is 18.3 Å². The summed E-state index contributed by atoms with van der Waals surface area (Å²) in [6.45, 7) is 6.83. The van der Waals surface area contributed by atoms with Crippen molar-refractivity contribution in [2.75, 3.05) is 0 Å². The minimum atomic E-state index is 0.173. The number of hydrogen-bond acceptors (Lipinski definition) is 1. The minimum Gasteiger partial charge on any atom is -0.290 e. The number of rotatable bonds is 1. The maximum atomic E-state index is 11.4. The standard InChI is InChI=1S/C14H20O/c1-10(2)11-4-6-14(3)7-5-13(15)9-12(14)8-11/h5,7,9-11H,4,6,8H2,1-3H3/t11-,14-/m1/s1. The van der Waals surface area contributed by atoms with Crippen LogP contribution in [-0.2, 0) is 4.79 Å². The third-order valence-corrected chi connectivity index (χ3v) is 4.12. The summed E-state index contributed by atoms with van der Waals surface area (Å²) < 4.78 is 0. The van der Waals surface area contributed by atoms with E-state index in [1.165, 1.54) is 18.4 Å². The highest BCUT2D eigenvalue weighted by Crippen LogP contribution is 2.47. The van der Waals surface area contributed by atoms with Gasteiger partial charge in [0.05, 0.1) is 0 Å². The smallest absolute Gasteiger partial charge is 0.178 e. The largest absolute Gasteiger partial charge is 0.290 e. The molecule has 82 valence electrons. The van der Waals surface area contributed by atoms with E-state index in [0.29, 0.717) is 0 Å². The molecule has 2 rings (SSSR count). The van der Waals surface area contributed by atoms with Gasteiger partial charge in [0.2, 0.25) is 0 Å².